The zero-order chi connectivity index (χ0) is 9.68. The van der Waals surface area contributed by atoms with Gasteiger partial charge in [-0.05, 0) is 28.1 Å². The average molecular weight is 246 g/mol. The maximum absolute atomic E-state index is 8.56. The van der Waals surface area contributed by atoms with Crippen LogP contribution in [-0.2, 0) is 0 Å². The summed E-state index contributed by atoms with van der Waals surface area (Å²) in [7, 11) is 0. The van der Waals surface area contributed by atoms with E-state index < -0.39 is 0 Å². The van der Waals surface area contributed by atoms with Gasteiger partial charge in [0.1, 0.15) is 0 Å². The topological polar surface area (TPSA) is 55.5 Å². The summed E-state index contributed by atoms with van der Waals surface area (Å²) in [5, 5.41) is 8.56. The molecule has 0 aliphatic heterocycles. The third-order valence-electron chi connectivity index (χ3n) is 1.55. The van der Waals surface area contributed by atoms with E-state index in [1.54, 1.807) is 6.07 Å². The molecule has 0 saturated heterocycles. The maximum Gasteiger partial charge on any atom is 0.156 e. The molecule has 1 rings (SSSR count). The molecule has 0 radical (unpaired) electrons. The number of rotatable bonds is 4. The number of hydrogen-bond donors (Lipinski definition) is 2. The maximum atomic E-state index is 8.56. The predicted molar refractivity (Wildman–Crippen MR) is 55.8 cm³/mol. The van der Waals surface area contributed by atoms with E-state index in [0.717, 1.165) is 4.47 Å². The van der Waals surface area contributed by atoms with Crippen LogP contribution in [0.25, 0.3) is 0 Å². The van der Waals surface area contributed by atoms with Crippen LogP contribution in [-0.4, -0.2) is 18.3 Å². The van der Waals surface area contributed by atoms with Crippen molar-refractivity contribution in [3.8, 4) is 5.75 Å². The summed E-state index contributed by atoms with van der Waals surface area (Å²) in [6.45, 7) is 0.605. The Kier molecular flexibility index (Phi) is 4.05. The van der Waals surface area contributed by atoms with Crippen LogP contribution in [0.1, 0.15) is 6.42 Å². The molecular weight excluding hydrogens is 234 g/mol. The Balaban J connectivity index is 2.64. The second-order valence-electron chi connectivity index (χ2n) is 2.58. The molecule has 3 nitrogen and oxygen atoms in total. The van der Waals surface area contributed by atoms with E-state index in [9.17, 15) is 0 Å². The highest BCUT2D eigenvalue weighted by Gasteiger charge is 2.03. The Morgan fingerprint density at radius 3 is 2.85 bits per heavy atom. The van der Waals surface area contributed by atoms with Crippen LogP contribution < -0.4 is 10.5 Å². The third kappa shape index (κ3) is 2.90. The number of aliphatic hydroxyl groups excluding tert-OH is 1. The van der Waals surface area contributed by atoms with Crippen molar-refractivity contribution in [1.29, 1.82) is 0 Å². The van der Waals surface area contributed by atoms with Gasteiger partial charge in [0, 0.05) is 13.0 Å². The van der Waals surface area contributed by atoms with Crippen molar-refractivity contribution in [2.75, 3.05) is 18.9 Å². The van der Waals surface area contributed by atoms with E-state index in [1.165, 1.54) is 0 Å². The van der Waals surface area contributed by atoms with Crippen LogP contribution in [0.2, 0.25) is 0 Å². The van der Waals surface area contributed by atoms with Crippen molar-refractivity contribution in [3.63, 3.8) is 0 Å². The lowest BCUT2D eigenvalue weighted by Gasteiger charge is -2.09. The number of ether oxygens (including phenoxy) is 1. The molecule has 0 bridgehead atoms. The van der Waals surface area contributed by atoms with E-state index in [-0.39, 0.29) is 6.61 Å². The average Bonchev–Trinajstić information content (AvgIpc) is 2.10. The fourth-order valence-electron chi connectivity index (χ4n) is 0.917. The quantitative estimate of drug-likeness (QED) is 0.629. The van der Waals surface area contributed by atoms with E-state index >= 15 is 0 Å². The summed E-state index contributed by atoms with van der Waals surface area (Å²) in [4.78, 5) is 0. The van der Waals surface area contributed by atoms with E-state index in [0.29, 0.717) is 24.5 Å². The molecule has 0 fully saturated rings. The zero-order valence-electron chi connectivity index (χ0n) is 7.16. The molecule has 13 heavy (non-hydrogen) atoms. The molecule has 0 heterocycles. The van der Waals surface area contributed by atoms with Gasteiger partial charge in [0.15, 0.2) is 5.75 Å². The Bertz CT molecular complexity index is 258. The van der Waals surface area contributed by atoms with E-state index in [4.69, 9.17) is 15.6 Å². The molecule has 0 unspecified atom stereocenters. The van der Waals surface area contributed by atoms with Crippen molar-refractivity contribution in [3.05, 3.63) is 22.7 Å². The normalized spacial score (nSPS) is 10.0. The molecule has 0 aromatic heterocycles. The van der Waals surface area contributed by atoms with Gasteiger partial charge in [-0.2, -0.15) is 0 Å². The van der Waals surface area contributed by atoms with E-state index in [2.05, 4.69) is 15.9 Å². The molecule has 3 N–H and O–H groups in total. The molecule has 1 aromatic carbocycles. The van der Waals surface area contributed by atoms with Crippen molar-refractivity contribution in [2.24, 2.45) is 0 Å². The minimum absolute atomic E-state index is 0.129. The third-order valence-corrected chi connectivity index (χ3v) is 2.17. The lowest BCUT2D eigenvalue weighted by Crippen LogP contribution is -2.02. The van der Waals surface area contributed by atoms with Crippen molar-refractivity contribution in [2.45, 2.75) is 6.42 Å². The van der Waals surface area contributed by atoms with Gasteiger partial charge in [-0.1, -0.05) is 6.07 Å². The standard InChI is InChI=1S/C9H12BrNO2/c10-7-3-1-4-8(11)9(7)13-6-2-5-12/h1,3-4,12H,2,5-6,11H2. The lowest BCUT2D eigenvalue weighted by atomic mass is 10.3. The van der Waals surface area contributed by atoms with E-state index in [1.807, 2.05) is 12.1 Å². The first-order chi connectivity index (χ1) is 6.25. The van der Waals surface area contributed by atoms with Crippen LogP contribution in [0.5, 0.6) is 5.75 Å². The molecule has 4 heteroatoms. The number of halogens is 1. The molecule has 0 spiro atoms. The smallest absolute Gasteiger partial charge is 0.156 e. The fraction of sp³-hybridized carbons (Fsp3) is 0.333. The number of nitrogen functional groups attached to an aromatic ring is 1. The Morgan fingerprint density at radius 2 is 2.23 bits per heavy atom. The number of para-hydroxylation sites is 1. The van der Waals surface area contributed by atoms with Crippen molar-refractivity contribution >= 4 is 21.6 Å². The molecule has 72 valence electrons. The van der Waals surface area contributed by atoms with Crippen LogP contribution in [0.3, 0.4) is 0 Å². The van der Waals surface area contributed by atoms with Gasteiger partial charge in [-0.25, -0.2) is 0 Å². The second-order valence-corrected chi connectivity index (χ2v) is 3.44. The largest absolute Gasteiger partial charge is 0.490 e. The van der Waals surface area contributed by atoms with Crippen LogP contribution in [0.15, 0.2) is 22.7 Å². The lowest BCUT2D eigenvalue weighted by molar-refractivity contribution is 0.233. The van der Waals surface area contributed by atoms with Crippen LogP contribution >= 0.6 is 15.9 Å². The monoisotopic (exact) mass is 245 g/mol. The molecule has 0 atom stereocenters. The molecule has 0 amide bonds. The van der Waals surface area contributed by atoms with Crippen LogP contribution in [0, 0.1) is 0 Å². The first kappa shape index (κ1) is 10.3. The van der Waals surface area contributed by atoms with Gasteiger partial charge in [-0.3, -0.25) is 0 Å². The summed E-state index contributed by atoms with van der Waals surface area (Å²) in [5.74, 6) is 0.649. The number of hydrogen-bond acceptors (Lipinski definition) is 3. The summed E-state index contributed by atoms with van der Waals surface area (Å²) >= 11 is 3.33. The molecule has 0 aliphatic carbocycles. The Hall–Kier alpha value is -0.740. The van der Waals surface area contributed by atoms with Crippen molar-refractivity contribution < 1.29 is 9.84 Å². The number of benzene rings is 1. The fourth-order valence-corrected chi connectivity index (χ4v) is 1.41. The number of nitrogens with two attached hydrogens (primary N) is 1. The van der Waals surface area contributed by atoms with Gasteiger partial charge >= 0.3 is 0 Å². The SMILES string of the molecule is Nc1cccc(Br)c1OCCCO. The Labute approximate surface area is 85.6 Å². The minimum atomic E-state index is 0.129. The summed E-state index contributed by atoms with van der Waals surface area (Å²) in [6, 6.07) is 5.49. The van der Waals surface area contributed by atoms with Crippen molar-refractivity contribution in [1.82, 2.24) is 0 Å². The van der Waals surface area contributed by atoms with Crippen LogP contribution in [0.4, 0.5) is 5.69 Å². The minimum Gasteiger partial charge on any atom is -0.490 e. The zero-order valence-corrected chi connectivity index (χ0v) is 8.75. The summed E-state index contributed by atoms with van der Waals surface area (Å²) in [5.41, 5.74) is 6.29. The molecule has 0 aliphatic rings. The predicted octanol–water partition coefficient (Wildman–Crippen LogP) is 1.79. The number of aliphatic hydroxyl groups is 1. The Morgan fingerprint density at radius 1 is 1.46 bits per heavy atom. The number of anilines is 1. The molecular formula is C9H12BrNO2. The highest BCUT2D eigenvalue weighted by Crippen LogP contribution is 2.30. The van der Waals surface area contributed by atoms with Gasteiger partial charge in [-0.15, -0.1) is 0 Å². The highest BCUT2D eigenvalue weighted by molar-refractivity contribution is 9.10. The van der Waals surface area contributed by atoms with Gasteiger partial charge in [0.25, 0.3) is 0 Å². The van der Waals surface area contributed by atoms with Gasteiger partial charge in [0.05, 0.1) is 16.8 Å². The second kappa shape index (κ2) is 5.09. The molecule has 0 saturated carbocycles. The summed E-state index contributed by atoms with van der Waals surface area (Å²) in [6.07, 6.45) is 0.612. The van der Waals surface area contributed by atoms with Gasteiger partial charge in [0.2, 0.25) is 0 Å². The summed E-state index contributed by atoms with van der Waals surface area (Å²) < 4.78 is 6.21. The first-order valence-electron chi connectivity index (χ1n) is 4.03. The molecule has 1 aromatic rings. The highest BCUT2D eigenvalue weighted by atomic mass is 79.9. The first-order valence-corrected chi connectivity index (χ1v) is 4.82. The van der Waals surface area contributed by atoms with Gasteiger partial charge < -0.3 is 15.6 Å².